The number of benzene rings is 1. The largest absolute Gasteiger partial charge is 0.265 e. The molecule has 1 heterocycles. The van der Waals surface area contributed by atoms with Crippen molar-refractivity contribution in [1.29, 1.82) is 0 Å². The van der Waals surface area contributed by atoms with Crippen LogP contribution in [0.25, 0.3) is 0 Å². The van der Waals surface area contributed by atoms with E-state index in [2.05, 4.69) is 24.0 Å². The van der Waals surface area contributed by atoms with Crippen LogP contribution in [0.1, 0.15) is 22.1 Å². The fraction of sp³-hybridized carbons (Fsp3) is 0.214. The average Bonchev–Trinajstić information content (AvgIpc) is 2.31. The second-order valence-corrected chi connectivity index (χ2v) is 4.41. The molecule has 0 amide bonds. The van der Waals surface area contributed by atoms with E-state index < -0.39 is 0 Å². The van der Waals surface area contributed by atoms with Gasteiger partial charge in [0, 0.05) is 12.4 Å². The van der Waals surface area contributed by atoms with Crippen molar-refractivity contribution in [2.24, 2.45) is 0 Å². The lowest BCUT2D eigenvalue weighted by atomic mass is 10.0. The summed E-state index contributed by atoms with van der Waals surface area (Å²) in [6, 6.07) is 12.3. The van der Waals surface area contributed by atoms with E-state index in [4.69, 9.17) is 11.6 Å². The van der Waals surface area contributed by atoms with Crippen molar-refractivity contribution in [3.05, 3.63) is 65.5 Å². The zero-order chi connectivity index (χ0) is 11.4. The lowest BCUT2D eigenvalue weighted by molar-refractivity contribution is 0.907. The third-order valence-corrected chi connectivity index (χ3v) is 3.08. The SMILES string of the molecule is Cc1ccccc1C(Cl)Cc1ccncc1. The molecule has 0 N–H and O–H groups in total. The van der Waals surface area contributed by atoms with Gasteiger partial charge in [-0.05, 0) is 42.2 Å². The fourth-order valence-electron chi connectivity index (χ4n) is 1.77. The summed E-state index contributed by atoms with van der Waals surface area (Å²) in [5.41, 5.74) is 3.68. The molecule has 0 radical (unpaired) electrons. The van der Waals surface area contributed by atoms with Crippen molar-refractivity contribution in [3.8, 4) is 0 Å². The molecule has 82 valence electrons. The van der Waals surface area contributed by atoms with Crippen molar-refractivity contribution in [2.45, 2.75) is 18.7 Å². The van der Waals surface area contributed by atoms with Gasteiger partial charge in [0.05, 0.1) is 5.38 Å². The second-order valence-electron chi connectivity index (χ2n) is 3.88. The Labute approximate surface area is 101 Å². The second kappa shape index (κ2) is 5.13. The van der Waals surface area contributed by atoms with Crippen LogP contribution in [0.2, 0.25) is 0 Å². The van der Waals surface area contributed by atoms with Crippen LogP contribution in [0, 0.1) is 6.92 Å². The first kappa shape index (κ1) is 11.2. The van der Waals surface area contributed by atoms with Crippen molar-refractivity contribution in [1.82, 2.24) is 4.98 Å². The fourth-order valence-corrected chi connectivity index (χ4v) is 2.20. The zero-order valence-corrected chi connectivity index (χ0v) is 9.98. The summed E-state index contributed by atoms with van der Waals surface area (Å²) in [4.78, 5) is 4.00. The minimum Gasteiger partial charge on any atom is -0.265 e. The van der Waals surface area contributed by atoms with Crippen LogP contribution in [0.5, 0.6) is 0 Å². The number of nitrogens with zero attached hydrogens (tertiary/aromatic N) is 1. The Morgan fingerprint density at radius 1 is 1.12 bits per heavy atom. The molecule has 1 aromatic carbocycles. The lowest BCUT2D eigenvalue weighted by Gasteiger charge is -2.12. The number of hydrogen-bond donors (Lipinski definition) is 0. The molecular weight excluding hydrogens is 218 g/mol. The number of alkyl halides is 1. The van der Waals surface area contributed by atoms with Crippen molar-refractivity contribution in [3.63, 3.8) is 0 Å². The summed E-state index contributed by atoms with van der Waals surface area (Å²) in [5, 5.41) is 0.0311. The molecule has 0 bridgehead atoms. The van der Waals surface area contributed by atoms with Gasteiger partial charge in [0.2, 0.25) is 0 Å². The Morgan fingerprint density at radius 3 is 2.50 bits per heavy atom. The third kappa shape index (κ3) is 2.61. The summed E-state index contributed by atoms with van der Waals surface area (Å²) in [5.74, 6) is 0. The molecular formula is C14H14ClN. The van der Waals surface area contributed by atoms with Crippen LogP contribution in [0.4, 0.5) is 0 Å². The first-order valence-electron chi connectivity index (χ1n) is 5.36. The van der Waals surface area contributed by atoms with E-state index >= 15 is 0 Å². The summed E-state index contributed by atoms with van der Waals surface area (Å²) in [6.45, 7) is 2.09. The molecule has 0 spiro atoms. The third-order valence-electron chi connectivity index (χ3n) is 2.69. The Balaban J connectivity index is 2.15. The maximum Gasteiger partial charge on any atom is 0.0628 e. The van der Waals surface area contributed by atoms with Gasteiger partial charge < -0.3 is 0 Å². The molecule has 1 unspecified atom stereocenters. The number of rotatable bonds is 3. The van der Waals surface area contributed by atoms with Gasteiger partial charge in [0.1, 0.15) is 0 Å². The van der Waals surface area contributed by atoms with E-state index in [0.29, 0.717) is 0 Å². The molecule has 2 heteroatoms. The maximum absolute atomic E-state index is 6.43. The van der Waals surface area contributed by atoms with E-state index in [-0.39, 0.29) is 5.38 Å². The summed E-state index contributed by atoms with van der Waals surface area (Å²) < 4.78 is 0. The minimum absolute atomic E-state index is 0.0311. The first-order chi connectivity index (χ1) is 7.77. The molecule has 2 aromatic rings. The zero-order valence-electron chi connectivity index (χ0n) is 9.23. The molecule has 0 aliphatic carbocycles. The molecule has 1 aromatic heterocycles. The van der Waals surface area contributed by atoms with E-state index in [1.807, 2.05) is 24.3 Å². The summed E-state index contributed by atoms with van der Waals surface area (Å²) >= 11 is 6.43. The van der Waals surface area contributed by atoms with Gasteiger partial charge in [-0.25, -0.2) is 0 Å². The van der Waals surface area contributed by atoms with Crippen LogP contribution in [0.3, 0.4) is 0 Å². The molecule has 1 atom stereocenters. The predicted molar refractivity (Wildman–Crippen MR) is 67.7 cm³/mol. The molecule has 1 nitrogen and oxygen atoms in total. The number of pyridine rings is 1. The van der Waals surface area contributed by atoms with Crippen LogP contribution >= 0.6 is 11.6 Å². The number of aromatic nitrogens is 1. The van der Waals surface area contributed by atoms with Gasteiger partial charge >= 0.3 is 0 Å². The Kier molecular flexibility index (Phi) is 3.58. The highest BCUT2D eigenvalue weighted by molar-refractivity contribution is 6.21. The van der Waals surface area contributed by atoms with Gasteiger partial charge in [-0.2, -0.15) is 0 Å². The van der Waals surface area contributed by atoms with Gasteiger partial charge in [-0.15, -0.1) is 11.6 Å². The highest BCUT2D eigenvalue weighted by Gasteiger charge is 2.10. The molecule has 0 fully saturated rings. The van der Waals surface area contributed by atoms with Crippen molar-refractivity contribution in [2.75, 3.05) is 0 Å². The van der Waals surface area contributed by atoms with Crippen molar-refractivity contribution >= 4 is 11.6 Å². The van der Waals surface area contributed by atoms with Crippen LogP contribution in [-0.4, -0.2) is 4.98 Å². The highest BCUT2D eigenvalue weighted by atomic mass is 35.5. The normalized spacial score (nSPS) is 12.4. The number of halogens is 1. The Morgan fingerprint density at radius 2 is 1.81 bits per heavy atom. The van der Waals surface area contributed by atoms with Crippen LogP contribution in [0.15, 0.2) is 48.8 Å². The standard InChI is InChI=1S/C14H14ClN/c1-11-4-2-3-5-13(11)14(15)10-12-6-8-16-9-7-12/h2-9,14H,10H2,1H3. The van der Waals surface area contributed by atoms with Crippen molar-refractivity contribution < 1.29 is 0 Å². The summed E-state index contributed by atoms with van der Waals surface area (Å²) in [7, 11) is 0. The average molecular weight is 232 g/mol. The quantitative estimate of drug-likeness (QED) is 0.730. The Hall–Kier alpha value is -1.34. The van der Waals surface area contributed by atoms with Gasteiger partial charge in [-0.3, -0.25) is 4.98 Å². The minimum atomic E-state index is 0.0311. The van der Waals surface area contributed by atoms with E-state index in [1.165, 1.54) is 16.7 Å². The van der Waals surface area contributed by atoms with E-state index in [1.54, 1.807) is 12.4 Å². The van der Waals surface area contributed by atoms with E-state index in [9.17, 15) is 0 Å². The molecule has 16 heavy (non-hydrogen) atoms. The van der Waals surface area contributed by atoms with E-state index in [0.717, 1.165) is 6.42 Å². The lowest BCUT2D eigenvalue weighted by Crippen LogP contribution is -1.98. The first-order valence-corrected chi connectivity index (χ1v) is 5.79. The molecule has 0 saturated carbocycles. The van der Waals surface area contributed by atoms with Crippen LogP contribution < -0.4 is 0 Å². The number of aryl methyl sites for hydroxylation is 1. The van der Waals surface area contributed by atoms with Gasteiger partial charge in [-0.1, -0.05) is 24.3 Å². The monoisotopic (exact) mass is 231 g/mol. The molecule has 0 saturated heterocycles. The molecule has 0 aliphatic rings. The highest BCUT2D eigenvalue weighted by Crippen LogP contribution is 2.27. The van der Waals surface area contributed by atoms with Gasteiger partial charge in [0.25, 0.3) is 0 Å². The van der Waals surface area contributed by atoms with Crippen LogP contribution in [-0.2, 0) is 6.42 Å². The maximum atomic E-state index is 6.43. The molecule has 2 rings (SSSR count). The summed E-state index contributed by atoms with van der Waals surface area (Å²) in [6.07, 6.45) is 4.45. The molecule has 0 aliphatic heterocycles. The predicted octanol–water partition coefficient (Wildman–Crippen LogP) is 3.91. The van der Waals surface area contributed by atoms with Gasteiger partial charge in [0.15, 0.2) is 0 Å². The number of hydrogen-bond acceptors (Lipinski definition) is 1. The Bertz CT molecular complexity index is 453. The smallest absolute Gasteiger partial charge is 0.0628 e. The topological polar surface area (TPSA) is 12.9 Å².